The van der Waals surface area contributed by atoms with E-state index in [0.29, 0.717) is 30.4 Å². The second-order valence-electron chi connectivity index (χ2n) is 4.95. The van der Waals surface area contributed by atoms with Crippen molar-refractivity contribution in [3.05, 3.63) is 0 Å². The van der Waals surface area contributed by atoms with Crippen molar-refractivity contribution in [2.45, 2.75) is 45.1 Å². The first kappa shape index (κ1) is 12.8. The third kappa shape index (κ3) is 2.64. The Kier molecular flexibility index (Phi) is 4.01. The molecule has 0 amide bonds. The van der Waals surface area contributed by atoms with E-state index in [1.54, 1.807) is 0 Å². The number of nitrogens with two attached hydrogens (primary N) is 1. The van der Waals surface area contributed by atoms with E-state index in [0.717, 1.165) is 0 Å². The average molecular weight is 234 g/mol. The van der Waals surface area contributed by atoms with Gasteiger partial charge in [0, 0.05) is 12.5 Å². The number of hydrogen-bond acceptors (Lipinski definition) is 3. The van der Waals surface area contributed by atoms with Crippen LogP contribution in [0.5, 0.6) is 0 Å². The normalized spacial score (nSPS) is 37.5. The summed E-state index contributed by atoms with van der Waals surface area (Å²) >= 11 is 0. The first-order valence-electron chi connectivity index (χ1n) is 5.55. The van der Waals surface area contributed by atoms with Gasteiger partial charge in [-0.2, -0.15) is 0 Å². The highest BCUT2D eigenvalue weighted by atomic mass is 35.5. The lowest BCUT2D eigenvalue weighted by Crippen LogP contribution is -2.53. The Hall–Kier alpha value is -0.280. The van der Waals surface area contributed by atoms with E-state index in [9.17, 15) is 4.79 Å². The minimum Gasteiger partial charge on any atom is -0.466 e. The molecule has 2 saturated carbocycles. The number of carbonyl (C=O) groups is 1. The highest BCUT2D eigenvalue weighted by Gasteiger charge is 2.51. The van der Waals surface area contributed by atoms with Crippen LogP contribution in [0, 0.1) is 11.3 Å². The van der Waals surface area contributed by atoms with Gasteiger partial charge in [0.1, 0.15) is 0 Å². The lowest BCUT2D eigenvalue weighted by molar-refractivity contribution is -0.147. The van der Waals surface area contributed by atoms with Crippen molar-refractivity contribution < 1.29 is 9.53 Å². The Bertz CT molecular complexity index is 231. The zero-order valence-corrected chi connectivity index (χ0v) is 10.0. The van der Waals surface area contributed by atoms with Gasteiger partial charge in [-0.25, -0.2) is 0 Å². The van der Waals surface area contributed by atoms with Crippen molar-refractivity contribution in [3.63, 3.8) is 0 Å². The van der Waals surface area contributed by atoms with Crippen molar-refractivity contribution in [3.8, 4) is 0 Å². The molecule has 0 bridgehead atoms. The van der Waals surface area contributed by atoms with Crippen LogP contribution in [0.3, 0.4) is 0 Å². The van der Waals surface area contributed by atoms with E-state index < -0.39 is 0 Å². The zero-order valence-electron chi connectivity index (χ0n) is 9.20. The van der Waals surface area contributed by atoms with Crippen LogP contribution >= 0.6 is 12.4 Å². The van der Waals surface area contributed by atoms with E-state index in [2.05, 4.69) is 0 Å². The molecule has 1 spiro atoms. The van der Waals surface area contributed by atoms with Gasteiger partial charge in [0.25, 0.3) is 0 Å². The van der Waals surface area contributed by atoms with Crippen LogP contribution in [-0.4, -0.2) is 18.6 Å². The van der Waals surface area contributed by atoms with Gasteiger partial charge in [-0.05, 0) is 43.9 Å². The van der Waals surface area contributed by atoms with Gasteiger partial charge in [0.2, 0.25) is 0 Å². The molecule has 0 atom stereocenters. The van der Waals surface area contributed by atoms with Gasteiger partial charge < -0.3 is 10.5 Å². The summed E-state index contributed by atoms with van der Waals surface area (Å²) in [6.07, 6.45) is 5.35. The fourth-order valence-corrected chi connectivity index (χ4v) is 3.15. The van der Waals surface area contributed by atoms with Gasteiger partial charge in [0.05, 0.1) is 6.61 Å². The van der Waals surface area contributed by atoms with Crippen LogP contribution in [0.25, 0.3) is 0 Å². The number of esters is 1. The van der Waals surface area contributed by atoms with Gasteiger partial charge in [-0.3, -0.25) is 4.79 Å². The second-order valence-corrected chi connectivity index (χ2v) is 4.95. The molecule has 2 N–H and O–H groups in total. The molecule has 88 valence electrons. The Labute approximate surface area is 97.1 Å². The van der Waals surface area contributed by atoms with Crippen molar-refractivity contribution in [2.75, 3.05) is 6.61 Å². The van der Waals surface area contributed by atoms with Gasteiger partial charge in [-0.1, -0.05) is 0 Å². The SMILES string of the molecule is CCOC(=O)CC1CC2(CC(N)C2)C1.Cl. The summed E-state index contributed by atoms with van der Waals surface area (Å²) in [6, 6.07) is 0.429. The maximum absolute atomic E-state index is 11.2. The standard InChI is InChI=1S/C11H19NO2.ClH/c1-2-14-10(13)3-8-4-11(5-8)6-9(12)7-11;/h8-9H,2-7,12H2,1H3;1H. The number of ether oxygens (including phenoxy) is 1. The molecule has 0 aliphatic heterocycles. The summed E-state index contributed by atoms with van der Waals surface area (Å²) in [7, 11) is 0. The van der Waals surface area contributed by atoms with Crippen molar-refractivity contribution in [1.29, 1.82) is 0 Å². The maximum Gasteiger partial charge on any atom is 0.306 e. The summed E-state index contributed by atoms with van der Waals surface area (Å²) in [5.41, 5.74) is 6.30. The molecule has 0 aromatic rings. The van der Waals surface area contributed by atoms with E-state index in [-0.39, 0.29) is 18.4 Å². The summed E-state index contributed by atoms with van der Waals surface area (Å²) < 4.78 is 4.93. The number of rotatable bonds is 3. The molecular weight excluding hydrogens is 214 g/mol. The van der Waals surface area contributed by atoms with Crippen LogP contribution in [0.15, 0.2) is 0 Å². The molecule has 0 aromatic heterocycles. The first-order chi connectivity index (χ1) is 6.63. The highest BCUT2D eigenvalue weighted by molar-refractivity contribution is 5.85. The summed E-state index contributed by atoms with van der Waals surface area (Å²) in [6.45, 7) is 2.35. The molecule has 15 heavy (non-hydrogen) atoms. The minimum absolute atomic E-state index is 0. The Morgan fingerprint density at radius 3 is 2.47 bits per heavy atom. The lowest BCUT2D eigenvalue weighted by Gasteiger charge is -2.57. The largest absolute Gasteiger partial charge is 0.466 e. The molecule has 2 fully saturated rings. The minimum atomic E-state index is -0.0315. The van der Waals surface area contributed by atoms with E-state index >= 15 is 0 Å². The first-order valence-corrected chi connectivity index (χ1v) is 5.55. The number of halogens is 1. The molecule has 3 nitrogen and oxygen atoms in total. The Morgan fingerprint density at radius 1 is 1.40 bits per heavy atom. The molecule has 2 aliphatic carbocycles. The smallest absolute Gasteiger partial charge is 0.306 e. The van der Waals surface area contributed by atoms with Crippen molar-refractivity contribution in [1.82, 2.24) is 0 Å². The molecular formula is C11H20ClNO2. The van der Waals surface area contributed by atoms with Crippen LogP contribution in [0.4, 0.5) is 0 Å². The van der Waals surface area contributed by atoms with E-state index in [1.807, 2.05) is 6.92 Å². The number of hydrogen-bond donors (Lipinski definition) is 1. The molecule has 0 heterocycles. The second kappa shape index (κ2) is 4.71. The predicted molar refractivity (Wildman–Crippen MR) is 60.9 cm³/mol. The van der Waals surface area contributed by atoms with Gasteiger partial charge in [-0.15, -0.1) is 12.4 Å². The molecule has 0 radical (unpaired) electrons. The average Bonchev–Trinajstić information content (AvgIpc) is 1.98. The third-order valence-electron chi connectivity index (χ3n) is 3.59. The monoisotopic (exact) mass is 233 g/mol. The molecule has 0 saturated heterocycles. The van der Waals surface area contributed by atoms with Crippen LogP contribution in [0.1, 0.15) is 39.0 Å². The van der Waals surface area contributed by atoms with E-state index in [4.69, 9.17) is 10.5 Å². The van der Waals surface area contributed by atoms with Gasteiger partial charge in [0.15, 0.2) is 0 Å². The van der Waals surface area contributed by atoms with Crippen LogP contribution in [0.2, 0.25) is 0 Å². The zero-order chi connectivity index (χ0) is 10.2. The Balaban J connectivity index is 0.00000112. The molecule has 0 aromatic carbocycles. The molecule has 4 heteroatoms. The van der Waals surface area contributed by atoms with Crippen LogP contribution < -0.4 is 5.73 Å². The lowest BCUT2D eigenvalue weighted by atomic mass is 9.50. The quantitative estimate of drug-likeness (QED) is 0.758. The fourth-order valence-electron chi connectivity index (χ4n) is 3.15. The summed E-state index contributed by atoms with van der Waals surface area (Å²) in [4.78, 5) is 11.2. The maximum atomic E-state index is 11.2. The molecule has 0 unspecified atom stereocenters. The van der Waals surface area contributed by atoms with Gasteiger partial charge >= 0.3 is 5.97 Å². The van der Waals surface area contributed by atoms with Crippen molar-refractivity contribution >= 4 is 18.4 Å². The Morgan fingerprint density at radius 2 is 2.00 bits per heavy atom. The molecule has 2 rings (SSSR count). The topological polar surface area (TPSA) is 52.3 Å². The van der Waals surface area contributed by atoms with Crippen molar-refractivity contribution in [2.24, 2.45) is 17.1 Å². The summed E-state index contributed by atoms with van der Waals surface area (Å²) in [5.74, 6) is 0.539. The number of carbonyl (C=O) groups excluding carboxylic acids is 1. The predicted octanol–water partition coefficient (Wildman–Crippen LogP) is 1.88. The highest BCUT2D eigenvalue weighted by Crippen LogP contribution is 2.58. The molecule has 2 aliphatic rings. The third-order valence-corrected chi connectivity index (χ3v) is 3.59. The summed E-state index contributed by atoms with van der Waals surface area (Å²) in [5, 5.41) is 0. The van der Waals surface area contributed by atoms with E-state index in [1.165, 1.54) is 25.7 Å². The fraction of sp³-hybridized carbons (Fsp3) is 0.909. The van der Waals surface area contributed by atoms with Crippen LogP contribution in [-0.2, 0) is 9.53 Å².